The number of fused-ring (bicyclic) bond motifs is 1. The van der Waals surface area contributed by atoms with Gasteiger partial charge in [0.05, 0.1) is 4.88 Å². The van der Waals surface area contributed by atoms with E-state index in [0.717, 1.165) is 0 Å². The van der Waals surface area contributed by atoms with Crippen molar-refractivity contribution in [2.75, 3.05) is 0 Å². The van der Waals surface area contributed by atoms with Crippen molar-refractivity contribution in [3.8, 4) is 11.8 Å². The highest BCUT2D eigenvalue weighted by Crippen LogP contribution is 2.36. The van der Waals surface area contributed by atoms with E-state index in [1.54, 1.807) is 0 Å². The molecule has 0 saturated heterocycles. The van der Waals surface area contributed by atoms with Gasteiger partial charge in [0.1, 0.15) is 0 Å². The highest BCUT2D eigenvalue weighted by Gasteiger charge is 2.09. The third kappa shape index (κ3) is 3.60. The van der Waals surface area contributed by atoms with Crippen molar-refractivity contribution in [2.24, 2.45) is 5.41 Å². The summed E-state index contributed by atoms with van der Waals surface area (Å²) in [7, 11) is 0. The molecule has 0 N–H and O–H groups in total. The summed E-state index contributed by atoms with van der Waals surface area (Å²) in [5.41, 5.74) is 0.0838. The fourth-order valence-electron chi connectivity index (χ4n) is 1.45. The van der Waals surface area contributed by atoms with E-state index >= 15 is 0 Å². The minimum Gasteiger partial charge on any atom is -0.139 e. The molecule has 2 heteroatoms. The summed E-state index contributed by atoms with van der Waals surface area (Å²) < 4.78 is 2.77. The molecule has 0 nitrogen and oxygen atoms in total. The van der Waals surface area contributed by atoms with Crippen LogP contribution in [0.1, 0.15) is 57.7 Å². The summed E-state index contributed by atoms with van der Waals surface area (Å²) in [6.07, 6.45) is 0. The normalized spacial score (nSPS) is 11.2. The van der Waals surface area contributed by atoms with E-state index in [0.29, 0.717) is 5.92 Å². The summed E-state index contributed by atoms with van der Waals surface area (Å²) in [5, 5.41) is 0. The molecule has 2 aromatic heterocycles. The SMILES string of the molecule is C.CC(C)c1cc2sc(C#CC(C)(C)C)cc2s1. The minimum absolute atomic E-state index is 0. The fourth-order valence-corrected chi connectivity index (χ4v) is 3.71. The molecule has 18 heavy (non-hydrogen) atoms. The van der Waals surface area contributed by atoms with Gasteiger partial charge < -0.3 is 0 Å². The molecule has 0 aliphatic heterocycles. The number of thiophene rings is 2. The van der Waals surface area contributed by atoms with Gasteiger partial charge in [-0.1, -0.05) is 33.1 Å². The van der Waals surface area contributed by atoms with Crippen molar-refractivity contribution >= 4 is 32.1 Å². The molecule has 0 fully saturated rings. The third-order valence-corrected chi connectivity index (χ3v) is 4.87. The van der Waals surface area contributed by atoms with Gasteiger partial charge in [0.2, 0.25) is 0 Å². The van der Waals surface area contributed by atoms with Crippen LogP contribution in [0.25, 0.3) is 9.40 Å². The maximum atomic E-state index is 3.29. The standard InChI is InChI=1S/C15H18S2.CH4/c1-10(2)12-9-14-13(17-12)8-11(16-14)6-7-15(3,4)5;/h8-10H,1-5H3;1H4. The first kappa shape index (κ1) is 15.3. The molecule has 0 bridgehead atoms. The predicted octanol–water partition coefficient (Wildman–Crippen LogP) is 6.12. The molecule has 0 saturated carbocycles. The maximum Gasteiger partial charge on any atom is 0.0789 e. The lowest BCUT2D eigenvalue weighted by Crippen LogP contribution is -1.98. The van der Waals surface area contributed by atoms with Crippen LogP contribution in [0.5, 0.6) is 0 Å². The minimum atomic E-state index is 0. The molecular formula is C16H22S2. The summed E-state index contributed by atoms with van der Waals surface area (Å²) >= 11 is 3.72. The molecule has 0 atom stereocenters. The second kappa shape index (κ2) is 5.47. The fraction of sp³-hybridized carbons (Fsp3) is 0.500. The van der Waals surface area contributed by atoms with Gasteiger partial charge >= 0.3 is 0 Å². The zero-order valence-corrected chi connectivity index (χ0v) is 12.7. The Morgan fingerprint density at radius 3 is 2.17 bits per heavy atom. The van der Waals surface area contributed by atoms with E-state index in [1.807, 2.05) is 22.7 Å². The second-order valence-corrected chi connectivity index (χ2v) is 7.84. The van der Waals surface area contributed by atoms with Crippen molar-refractivity contribution in [2.45, 2.75) is 48.0 Å². The van der Waals surface area contributed by atoms with Crippen LogP contribution in [0.3, 0.4) is 0 Å². The summed E-state index contributed by atoms with van der Waals surface area (Å²) in [6.45, 7) is 10.9. The Morgan fingerprint density at radius 2 is 1.67 bits per heavy atom. The zero-order valence-electron chi connectivity index (χ0n) is 11.0. The Morgan fingerprint density at radius 1 is 1.06 bits per heavy atom. The largest absolute Gasteiger partial charge is 0.139 e. The molecule has 0 aliphatic rings. The molecule has 2 aromatic rings. The molecule has 0 amide bonds. The third-order valence-electron chi connectivity index (χ3n) is 2.36. The molecule has 2 rings (SSSR count). The van der Waals surface area contributed by atoms with Crippen LogP contribution in [-0.2, 0) is 0 Å². The van der Waals surface area contributed by atoms with Gasteiger partial charge in [-0.25, -0.2) is 0 Å². The highest BCUT2D eigenvalue weighted by molar-refractivity contribution is 7.28. The molecule has 0 unspecified atom stereocenters. The molecule has 0 spiro atoms. The number of rotatable bonds is 1. The van der Waals surface area contributed by atoms with E-state index in [2.05, 4.69) is 58.6 Å². The lowest BCUT2D eigenvalue weighted by molar-refractivity contribution is 0.571. The number of hydrogen-bond acceptors (Lipinski definition) is 2. The van der Waals surface area contributed by atoms with Gasteiger partial charge in [0.15, 0.2) is 0 Å². The van der Waals surface area contributed by atoms with Gasteiger partial charge in [-0.3, -0.25) is 0 Å². The smallest absolute Gasteiger partial charge is 0.0789 e. The first-order valence-electron chi connectivity index (χ1n) is 5.91. The average Bonchev–Trinajstić information content (AvgIpc) is 2.69. The van der Waals surface area contributed by atoms with Crippen LogP contribution in [0.15, 0.2) is 12.1 Å². The molecular weight excluding hydrogens is 256 g/mol. The maximum absolute atomic E-state index is 3.29. The van der Waals surface area contributed by atoms with Crippen LogP contribution in [-0.4, -0.2) is 0 Å². The first-order chi connectivity index (χ1) is 7.85. The van der Waals surface area contributed by atoms with E-state index in [1.165, 1.54) is 19.2 Å². The monoisotopic (exact) mass is 278 g/mol. The van der Waals surface area contributed by atoms with E-state index in [4.69, 9.17) is 0 Å². The Hall–Kier alpha value is -0.780. The summed E-state index contributed by atoms with van der Waals surface area (Å²) in [6, 6.07) is 4.55. The Kier molecular flexibility index (Phi) is 4.64. The molecule has 2 heterocycles. The van der Waals surface area contributed by atoms with Crippen LogP contribution in [0.4, 0.5) is 0 Å². The van der Waals surface area contributed by atoms with Gasteiger partial charge in [-0.05, 0) is 38.8 Å². The Balaban J connectivity index is 0.00000162. The van der Waals surface area contributed by atoms with Gasteiger partial charge in [-0.2, -0.15) is 0 Å². The van der Waals surface area contributed by atoms with Crippen molar-refractivity contribution in [1.82, 2.24) is 0 Å². The lowest BCUT2D eigenvalue weighted by Gasteiger charge is -2.06. The van der Waals surface area contributed by atoms with Crippen molar-refractivity contribution in [3.05, 3.63) is 21.9 Å². The van der Waals surface area contributed by atoms with Crippen LogP contribution >= 0.6 is 22.7 Å². The van der Waals surface area contributed by atoms with E-state index in [9.17, 15) is 0 Å². The molecule has 98 valence electrons. The topological polar surface area (TPSA) is 0 Å². The Bertz CT molecular complexity index is 548. The van der Waals surface area contributed by atoms with E-state index in [-0.39, 0.29) is 12.8 Å². The van der Waals surface area contributed by atoms with E-state index < -0.39 is 0 Å². The zero-order chi connectivity index (χ0) is 12.6. The first-order valence-corrected chi connectivity index (χ1v) is 7.55. The molecule has 0 aromatic carbocycles. The van der Waals surface area contributed by atoms with Crippen molar-refractivity contribution < 1.29 is 0 Å². The number of hydrogen-bond donors (Lipinski definition) is 0. The van der Waals surface area contributed by atoms with Gasteiger partial charge in [0, 0.05) is 19.7 Å². The predicted molar refractivity (Wildman–Crippen MR) is 86.9 cm³/mol. The van der Waals surface area contributed by atoms with Crippen LogP contribution in [0.2, 0.25) is 0 Å². The summed E-state index contributed by atoms with van der Waals surface area (Å²) in [4.78, 5) is 2.66. The highest BCUT2D eigenvalue weighted by atomic mass is 32.1. The van der Waals surface area contributed by atoms with Crippen LogP contribution in [0, 0.1) is 17.3 Å². The average molecular weight is 278 g/mol. The summed E-state index contributed by atoms with van der Waals surface area (Å²) in [5.74, 6) is 7.20. The second-order valence-electron chi connectivity index (χ2n) is 5.64. The Labute approximate surface area is 119 Å². The molecule has 0 aliphatic carbocycles. The quantitative estimate of drug-likeness (QED) is 0.551. The molecule has 0 radical (unpaired) electrons. The lowest BCUT2D eigenvalue weighted by atomic mass is 9.98. The van der Waals surface area contributed by atoms with Crippen molar-refractivity contribution in [1.29, 1.82) is 0 Å². The van der Waals surface area contributed by atoms with Crippen LogP contribution < -0.4 is 0 Å². The van der Waals surface area contributed by atoms with Gasteiger partial charge in [-0.15, -0.1) is 22.7 Å². The van der Waals surface area contributed by atoms with Crippen molar-refractivity contribution in [3.63, 3.8) is 0 Å². The van der Waals surface area contributed by atoms with Gasteiger partial charge in [0.25, 0.3) is 0 Å².